The zero-order valence-electron chi connectivity index (χ0n) is 25.2. The van der Waals surface area contributed by atoms with Crippen molar-refractivity contribution >= 4 is 23.5 Å². The highest BCUT2D eigenvalue weighted by Crippen LogP contribution is 2.32. The Morgan fingerprint density at radius 1 is 1.04 bits per heavy atom. The summed E-state index contributed by atoms with van der Waals surface area (Å²) in [5.41, 5.74) is 0.993. The third-order valence-electron chi connectivity index (χ3n) is 7.51. The predicted molar refractivity (Wildman–Crippen MR) is 166 cm³/mol. The molecule has 0 radical (unpaired) electrons. The number of rotatable bonds is 13. The van der Waals surface area contributed by atoms with Crippen molar-refractivity contribution in [3.8, 4) is 11.4 Å². The molecule has 3 aromatic heterocycles. The van der Waals surface area contributed by atoms with E-state index in [0.717, 1.165) is 0 Å². The minimum absolute atomic E-state index is 0.140. The lowest BCUT2D eigenvalue weighted by atomic mass is 10.2. The maximum Gasteiger partial charge on any atom is 0.277 e. The molecule has 0 spiro atoms. The van der Waals surface area contributed by atoms with Crippen molar-refractivity contribution in [3.63, 3.8) is 0 Å². The summed E-state index contributed by atoms with van der Waals surface area (Å²) in [6.45, 7) is 3.85. The third kappa shape index (κ3) is 6.94. The van der Waals surface area contributed by atoms with Crippen LogP contribution in [-0.2, 0) is 11.3 Å². The van der Waals surface area contributed by atoms with Gasteiger partial charge in [0, 0.05) is 69.5 Å². The van der Waals surface area contributed by atoms with E-state index in [1.54, 1.807) is 53.2 Å². The SMILES string of the molecule is CCCN1C(=O)c2[nH]c(-c3ccc(N(CCCn4ccccc4=O)C(=O)c4ccc(F)cc4)nc3)nc2N(CCCOC)C1O. The first kappa shape index (κ1) is 31.5. The number of pyridine rings is 2. The number of H-pyrrole nitrogens is 1. The number of aryl methyl sites for hydroxylation is 1. The van der Waals surface area contributed by atoms with Crippen LogP contribution in [0.1, 0.15) is 47.0 Å². The third-order valence-corrected chi connectivity index (χ3v) is 7.51. The van der Waals surface area contributed by atoms with Gasteiger partial charge in [0.1, 0.15) is 23.2 Å². The van der Waals surface area contributed by atoms with Crippen molar-refractivity contribution in [1.82, 2.24) is 24.4 Å². The topological polar surface area (TPSA) is 137 Å². The van der Waals surface area contributed by atoms with Gasteiger partial charge in [-0.3, -0.25) is 24.2 Å². The number of aromatic amines is 1. The van der Waals surface area contributed by atoms with Crippen LogP contribution in [0.4, 0.5) is 16.0 Å². The molecule has 13 heteroatoms. The fraction of sp³-hybridized carbons (Fsp3) is 0.344. The van der Waals surface area contributed by atoms with Crippen molar-refractivity contribution < 1.29 is 23.8 Å². The number of hydrogen-bond acceptors (Lipinski definition) is 8. The minimum atomic E-state index is -1.16. The number of anilines is 2. The molecule has 0 saturated carbocycles. The van der Waals surface area contributed by atoms with E-state index < -0.39 is 12.2 Å². The Bertz CT molecular complexity index is 1670. The van der Waals surface area contributed by atoms with Crippen molar-refractivity contribution in [1.29, 1.82) is 0 Å². The summed E-state index contributed by atoms with van der Waals surface area (Å²) in [6, 6.07) is 13.6. The number of ether oxygens (including phenoxy) is 1. The molecule has 1 aliphatic heterocycles. The maximum absolute atomic E-state index is 13.6. The zero-order valence-corrected chi connectivity index (χ0v) is 25.2. The van der Waals surface area contributed by atoms with Gasteiger partial charge in [-0.05, 0) is 61.7 Å². The van der Waals surface area contributed by atoms with Crippen LogP contribution in [0, 0.1) is 5.82 Å². The van der Waals surface area contributed by atoms with Crippen LogP contribution in [0.3, 0.4) is 0 Å². The zero-order chi connectivity index (χ0) is 31.9. The number of imidazole rings is 1. The van der Waals surface area contributed by atoms with Crippen molar-refractivity contribution in [2.24, 2.45) is 0 Å². The standard InChI is InChI=1S/C32H36FN7O5/c1-3-15-40-31(43)27-29(39(32(40)44)19-7-20-45-2)36-28(35-27)23-11-14-25(34-21-23)38(30(42)22-9-12-24(33)13-10-22)18-6-17-37-16-5-4-8-26(37)41/h4-5,8-14,16,21,32,44H,3,6-7,15,17-20H2,1-2H3,(H,35,36). The summed E-state index contributed by atoms with van der Waals surface area (Å²) in [6.07, 6.45) is 3.84. The molecule has 236 valence electrons. The molecular formula is C32H36FN7O5. The monoisotopic (exact) mass is 617 g/mol. The molecule has 1 atom stereocenters. The average molecular weight is 618 g/mol. The number of aliphatic hydroxyl groups excluding tert-OH is 1. The highest BCUT2D eigenvalue weighted by molar-refractivity contribution is 6.05. The molecule has 45 heavy (non-hydrogen) atoms. The van der Waals surface area contributed by atoms with E-state index in [-0.39, 0.29) is 29.6 Å². The van der Waals surface area contributed by atoms with E-state index in [0.29, 0.717) is 74.1 Å². The van der Waals surface area contributed by atoms with Gasteiger partial charge >= 0.3 is 0 Å². The molecule has 12 nitrogen and oxygen atoms in total. The maximum atomic E-state index is 13.6. The van der Waals surface area contributed by atoms with Gasteiger partial charge in [-0.2, -0.15) is 0 Å². The average Bonchev–Trinajstić information content (AvgIpc) is 3.50. The molecule has 0 bridgehead atoms. The summed E-state index contributed by atoms with van der Waals surface area (Å²) >= 11 is 0. The largest absolute Gasteiger partial charge is 0.385 e. The molecule has 4 heterocycles. The van der Waals surface area contributed by atoms with Gasteiger partial charge in [0.25, 0.3) is 11.8 Å². The number of nitrogens with zero attached hydrogens (tertiary/aromatic N) is 6. The smallest absolute Gasteiger partial charge is 0.277 e. The second-order valence-electron chi connectivity index (χ2n) is 10.6. The number of benzene rings is 1. The molecule has 5 rings (SSSR count). The van der Waals surface area contributed by atoms with Crippen LogP contribution < -0.4 is 15.4 Å². The normalized spacial score (nSPS) is 14.5. The summed E-state index contributed by atoms with van der Waals surface area (Å²) in [5.74, 6) is -0.0857. The quantitative estimate of drug-likeness (QED) is 0.218. The molecule has 2 N–H and O–H groups in total. The van der Waals surface area contributed by atoms with E-state index in [1.807, 2.05) is 6.92 Å². The number of nitrogens with one attached hydrogen (secondary N) is 1. The molecule has 1 unspecified atom stereocenters. The van der Waals surface area contributed by atoms with Gasteiger partial charge in [-0.15, -0.1) is 0 Å². The van der Waals surface area contributed by atoms with Gasteiger partial charge in [0.15, 0.2) is 5.82 Å². The Balaban J connectivity index is 1.42. The van der Waals surface area contributed by atoms with Gasteiger partial charge in [-0.25, -0.2) is 14.4 Å². The Kier molecular flexibility index (Phi) is 10.0. The lowest BCUT2D eigenvalue weighted by Crippen LogP contribution is -2.56. The number of carbonyl (C=O) groups is 2. The molecule has 0 fully saturated rings. The first-order valence-corrected chi connectivity index (χ1v) is 14.9. The van der Waals surface area contributed by atoms with E-state index in [2.05, 4.69) is 15.0 Å². The number of halogens is 1. The molecule has 0 aliphatic carbocycles. The highest BCUT2D eigenvalue weighted by atomic mass is 19.1. The number of aromatic nitrogens is 4. The van der Waals surface area contributed by atoms with Crippen LogP contribution in [-0.4, -0.2) is 81.0 Å². The Morgan fingerprint density at radius 2 is 1.84 bits per heavy atom. The van der Waals surface area contributed by atoms with E-state index in [4.69, 9.17) is 4.74 Å². The lowest BCUT2D eigenvalue weighted by molar-refractivity contribution is 0.000197. The van der Waals surface area contributed by atoms with Crippen LogP contribution in [0.5, 0.6) is 0 Å². The number of amides is 2. The fourth-order valence-corrected chi connectivity index (χ4v) is 5.24. The first-order chi connectivity index (χ1) is 21.8. The second-order valence-corrected chi connectivity index (χ2v) is 10.6. The molecule has 2 amide bonds. The van der Waals surface area contributed by atoms with Gasteiger partial charge in [0.2, 0.25) is 11.9 Å². The molecule has 1 aromatic carbocycles. The van der Waals surface area contributed by atoms with Gasteiger partial charge in [-0.1, -0.05) is 13.0 Å². The summed E-state index contributed by atoms with van der Waals surface area (Å²) in [7, 11) is 1.60. The summed E-state index contributed by atoms with van der Waals surface area (Å²) in [4.78, 5) is 55.9. The highest BCUT2D eigenvalue weighted by Gasteiger charge is 2.39. The number of methoxy groups -OCH3 is 1. The van der Waals surface area contributed by atoms with E-state index in [1.165, 1.54) is 40.1 Å². The van der Waals surface area contributed by atoms with Crippen molar-refractivity contribution in [2.45, 2.75) is 39.1 Å². The summed E-state index contributed by atoms with van der Waals surface area (Å²) < 4.78 is 20.3. The Hall–Kier alpha value is -4.88. The second kappa shape index (κ2) is 14.3. The van der Waals surface area contributed by atoms with Gasteiger partial charge < -0.3 is 24.3 Å². The lowest BCUT2D eigenvalue weighted by Gasteiger charge is -2.40. The van der Waals surface area contributed by atoms with Crippen LogP contribution in [0.25, 0.3) is 11.4 Å². The van der Waals surface area contributed by atoms with Crippen LogP contribution in [0.2, 0.25) is 0 Å². The summed E-state index contributed by atoms with van der Waals surface area (Å²) in [5, 5.41) is 11.0. The molecule has 1 aliphatic rings. The van der Waals surface area contributed by atoms with Gasteiger partial charge in [0.05, 0.1) is 0 Å². The number of hydrogen-bond donors (Lipinski definition) is 2. The van der Waals surface area contributed by atoms with Crippen LogP contribution in [0.15, 0.2) is 71.8 Å². The van der Waals surface area contributed by atoms with Crippen molar-refractivity contribution in [3.05, 3.63) is 94.4 Å². The number of carbonyl (C=O) groups excluding carboxylic acids is 2. The molecule has 4 aromatic rings. The van der Waals surface area contributed by atoms with Crippen molar-refractivity contribution in [2.75, 3.05) is 43.2 Å². The molecular weight excluding hydrogens is 581 g/mol. The number of fused-ring (bicyclic) bond motifs is 1. The van der Waals surface area contributed by atoms with Crippen LogP contribution >= 0.6 is 0 Å². The fourth-order valence-electron chi connectivity index (χ4n) is 5.24. The Morgan fingerprint density at radius 3 is 2.53 bits per heavy atom. The Labute approximate surface area is 259 Å². The number of aliphatic hydroxyl groups is 1. The van der Waals surface area contributed by atoms with E-state index >= 15 is 0 Å². The van der Waals surface area contributed by atoms with E-state index in [9.17, 15) is 23.9 Å². The minimum Gasteiger partial charge on any atom is -0.385 e. The first-order valence-electron chi connectivity index (χ1n) is 14.9. The molecule has 0 saturated heterocycles. The predicted octanol–water partition coefficient (Wildman–Crippen LogP) is 3.49.